The number of nitrogens with zero attached hydrogens (tertiary/aromatic N) is 6. The summed E-state index contributed by atoms with van der Waals surface area (Å²) in [7, 11) is 3.35. The maximum atomic E-state index is 13.5. The van der Waals surface area contributed by atoms with Crippen LogP contribution in [0.25, 0.3) is 0 Å². The van der Waals surface area contributed by atoms with Gasteiger partial charge in [0.25, 0.3) is 11.4 Å². The number of aromatic carboxylic acids is 1. The number of non-ortho nitro benzene ring substituents is 2. The number of carboxylic acid groups (broad SMARTS) is 1. The van der Waals surface area contributed by atoms with E-state index >= 15 is 0 Å². The van der Waals surface area contributed by atoms with Crippen LogP contribution in [0.15, 0.2) is 99.2 Å². The van der Waals surface area contributed by atoms with Gasteiger partial charge in [-0.3, -0.25) is 39.4 Å². The van der Waals surface area contributed by atoms with Crippen LogP contribution in [0.4, 0.5) is 21.0 Å². The molecular weight excluding hydrogens is 1400 g/mol. The number of carboxylic acids is 1. The van der Waals surface area contributed by atoms with Crippen molar-refractivity contribution in [2.45, 2.75) is 113 Å². The van der Waals surface area contributed by atoms with Gasteiger partial charge in [0.1, 0.15) is 29.3 Å². The third-order valence-electron chi connectivity index (χ3n) is 14.3. The van der Waals surface area contributed by atoms with E-state index in [4.69, 9.17) is 42.5 Å². The average Bonchev–Trinajstić information content (AvgIpc) is 1.60. The molecule has 2 saturated carbocycles. The van der Waals surface area contributed by atoms with Crippen LogP contribution in [0.2, 0.25) is 0 Å². The summed E-state index contributed by atoms with van der Waals surface area (Å²) in [5, 5.41) is 43.0. The number of likely N-dealkylation sites (tertiary alicyclic amines) is 2. The molecule has 2 aromatic rings. The van der Waals surface area contributed by atoms with Crippen LogP contribution in [0.3, 0.4) is 0 Å². The number of urea groups is 2. The Labute approximate surface area is 567 Å². The number of β-amino-alcohol motifs (C(OH)–C–C–N with tert-alkyl or cyclic N) is 1. The molecule has 2 aliphatic heterocycles. The highest BCUT2D eigenvalue weighted by molar-refractivity contribution is 14.1. The predicted molar refractivity (Wildman–Crippen MR) is 352 cm³/mol. The van der Waals surface area contributed by atoms with Gasteiger partial charge >= 0.3 is 46.4 Å². The number of rotatable bonds is 26. The lowest BCUT2D eigenvalue weighted by atomic mass is 10.1. The monoisotopic (exact) mass is 1480 g/mol. The van der Waals surface area contributed by atoms with Gasteiger partial charge in [-0.1, -0.05) is 24.3 Å². The molecule has 2 heterocycles. The number of nitro benzene ring substituents is 2. The van der Waals surface area contributed by atoms with Crippen LogP contribution in [0.5, 0.6) is 0 Å². The van der Waals surface area contributed by atoms with E-state index in [1.54, 1.807) is 72.3 Å². The summed E-state index contributed by atoms with van der Waals surface area (Å²) in [6, 6.07) is 6.78. The summed E-state index contributed by atoms with van der Waals surface area (Å²) in [5.41, 5.74) is 1.94. The first-order valence-corrected chi connectivity index (χ1v) is 31.4. The molecular formula is C59H76BCl4IN8O19. The van der Waals surface area contributed by atoms with Gasteiger partial charge in [-0.25, -0.2) is 28.8 Å². The minimum atomic E-state index is -1.26. The minimum absolute atomic E-state index is 0.0422. The summed E-state index contributed by atoms with van der Waals surface area (Å²) in [5.74, 6) is -3.94. The van der Waals surface area contributed by atoms with Gasteiger partial charge in [-0.05, 0) is 113 Å². The molecule has 504 valence electrons. The number of hydrogen-bond donors (Lipinski definition) is 4. The zero-order chi connectivity index (χ0) is 70.1. The lowest BCUT2D eigenvalue weighted by molar-refractivity contribution is -0.385. The number of unbranched alkanes of at least 4 members (excludes halogenated alkanes) is 4. The van der Waals surface area contributed by atoms with Crippen molar-refractivity contribution in [3.05, 3.63) is 131 Å². The lowest BCUT2D eigenvalue weighted by Crippen LogP contribution is -2.55. The predicted octanol–water partition coefficient (Wildman–Crippen LogP) is 8.42. The number of aliphatic hydroxyl groups is 1. The number of allylic oxidation sites excluding steroid dienone is 2. The third kappa shape index (κ3) is 25.7. The van der Waals surface area contributed by atoms with E-state index in [2.05, 4.69) is 65.9 Å². The van der Waals surface area contributed by atoms with Crippen LogP contribution in [0, 0.1) is 32.1 Å². The summed E-state index contributed by atoms with van der Waals surface area (Å²) in [6.07, 6.45) is 11.3. The van der Waals surface area contributed by atoms with E-state index < -0.39 is 91.6 Å². The summed E-state index contributed by atoms with van der Waals surface area (Å²) in [4.78, 5) is 145. The van der Waals surface area contributed by atoms with Gasteiger partial charge in [0.2, 0.25) is 11.8 Å². The number of hydrogen-bond acceptors (Lipinski definition) is 18. The van der Waals surface area contributed by atoms with E-state index in [0.29, 0.717) is 25.9 Å². The van der Waals surface area contributed by atoms with Crippen molar-refractivity contribution in [1.29, 1.82) is 0 Å². The van der Waals surface area contributed by atoms with Crippen LogP contribution in [0.1, 0.15) is 98.8 Å². The number of halogens is 5. The Hall–Kier alpha value is -7.19. The van der Waals surface area contributed by atoms with Crippen molar-refractivity contribution in [3.8, 4) is 0 Å². The third-order valence-corrected chi connectivity index (χ3v) is 14.7. The fourth-order valence-corrected chi connectivity index (χ4v) is 9.33. The molecule has 2 aliphatic carbocycles. The lowest BCUT2D eigenvalue weighted by Gasteiger charge is -2.29. The highest BCUT2D eigenvalue weighted by Gasteiger charge is 2.63. The zero-order valence-electron chi connectivity index (χ0n) is 51.2. The van der Waals surface area contributed by atoms with E-state index in [0.717, 1.165) is 50.7 Å². The van der Waals surface area contributed by atoms with Crippen LogP contribution < -0.4 is 10.6 Å². The topological polar surface area (TPSA) is 362 Å². The number of esters is 3. The zero-order valence-corrected chi connectivity index (χ0v) is 56.4. The van der Waals surface area contributed by atoms with Gasteiger partial charge in [-0.2, -0.15) is 22.4 Å². The minimum Gasteiger partial charge on any atom is -0.478 e. The average molecular weight is 1480 g/mol. The molecule has 0 aromatic heterocycles. The van der Waals surface area contributed by atoms with Crippen molar-refractivity contribution in [2.24, 2.45) is 11.8 Å². The second-order valence-corrected chi connectivity index (χ2v) is 22.0. The molecule has 4 N–H and O–H groups in total. The first-order valence-electron chi connectivity index (χ1n) is 28.4. The smallest absolute Gasteiger partial charge is 0.338 e. The Morgan fingerprint density at radius 3 is 1.37 bits per heavy atom. The molecule has 2 aromatic carbocycles. The first-order chi connectivity index (χ1) is 43.5. The fraction of sp³-hybridized carbons (Fsp3) is 0.492. The number of amides is 6. The molecule has 4 aliphatic rings. The Balaban J connectivity index is 0.000000702. The van der Waals surface area contributed by atoms with Gasteiger partial charge < -0.3 is 54.7 Å². The SMILES string of the molecule is C=CCCCCN(C)C(=O)[C@@H]1C[C@@H](O)CN1C(=O)N[C@]1(C(=O)OCC)C[C@H]1C=C.C=CCCCCN(C)C(=O)[C@@H]1C[C@@H](OC(=O)c2ccc([N+](=O)[O-])cc2)CN1C(=O)N[C@]1(C(=O)OCC)C[C@H]1C=C.ClCCl.O=C(Cl)C(=O)Cl.O=C(O)c1ccc([N+](=O)[O-])cc1.[B]I. The molecule has 6 rings (SSSR count). The molecule has 6 amide bonds. The van der Waals surface area contributed by atoms with E-state index in [1.165, 1.54) is 46.2 Å². The molecule has 0 spiro atoms. The van der Waals surface area contributed by atoms with Gasteiger partial charge in [-0.15, -0.1) is 49.5 Å². The van der Waals surface area contributed by atoms with Gasteiger partial charge in [0, 0.05) is 82.7 Å². The molecule has 92 heavy (non-hydrogen) atoms. The summed E-state index contributed by atoms with van der Waals surface area (Å²) in [6.45, 7) is 19.5. The van der Waals surface area contributed by atoms with E-state index in [1.807, 2.05) is 12.2 Å². The number of nitro groups is 2. The highest BCUT2D eigenvalue weighted by Crippen LogP contribution is 2.47. The number of nitrogens with one attached hydrogen (secondary N) is 2. The Morgan fingerprint density at radius 2 is 1.04 bits per heavy atom. The van der Waals surface area contributed by atoms with E-state index in [9.17, 15) is 73.3 Å². The van der Waals surface area contributed by atoms with E-state index in [-0.39, 0.29) is 90.6 Å². The maximum Gasteiger partial charge on any atom is 0.338 e. The summed E-state index contributed by atoms with van der Waals surface area (Å²) >= 11 is 20.2. The second-order valence-electron chi connectivity index (χ2n) is 20.5. The van der Waals surface area contributed by atoms with Crippen molar-refractivity contribution in [1.82, 2.24) is 30.2 Å². The number of alkyl halides is 2. The van der Waals surface area contributed by atoms with Crippen LogP contribution in [-0.4, -0.2) is 198 Å². The second kappa shape index (κ2) is 42.1. The Bertz CT molecular complexity index is 2880. The maximum absolute atomic E-state index is 13.5. The first kappa shape index (κ1) is 82.8. The van der Waals surface area contributed by atoms with Crippen molar-refractivity contribution >= 4 is 144 Å². The summed E-state index contributed by atoms with van der Waals surface area (Å²) < 4.78 is 15.9. The molecule has 0 unspecified atom stereocenters. The van der Waals surface area contributed by atoms with Crippen molar-refractivity contribution in [3.63, 3.8) is 0 Å². The highest BCUT2D eigenvalue weighted by atomic mass is 127. The molecule has 2 saturated heterocycles. The number of carbonyl (C=O) groups is 10. The number of likely N-dealkylation sites (N-methyl/N-ethyl adjacent to an activating group) is 2. The van der Waals surface area contributed by atoms with Crippen LogP contribution >= 0.6 is 68.8 Å². The van der Waals surface area contributed by atoms with Gasteiger partial charge in [0.05, 0.1) is 52.2 Å². The molecule has 33 heteroatoms. The number of benzene rings is 2. The normalized spacial score (nSPS) is 20.8. The molecule has 0 bridgehead atoms. The number of carbonyl (C=O) groups excluding carboxylic acids is 9. The molecule has 27 nitrogen and oxygen atoms in total. The fourth-order valence-electron chi connectivity index (χ4n) is 9.33. The number of ether oxygens (including phenoxy) is 3. The van der Waals surface area contributed by atoms with Crippen molar-refractivity contribution < 1.29 is 82.2 Å². The number of aliphatic hydroxyl groups excluding tert-OH is 1. The van der Waals surface area contributed by atoms with Crippen molar-refractivity contribution in [2.75, 3.05) is 58.8 Å². The molecule has 8 atom stereocenters. The molecule has 4 fully saturated rings. The Morgan fingerprint density at radius 1 is 0.674 bits per heavy atom. The van der Waals surface area contributed by atoms with Gasteiger partial charge in [0.15, 0.2) is 5.70 Å². The standard InChI is InChI=1S/C28H36N4O8.C21H33N3O5.C7H5NO4.C2Cl2O2.CH2Cl2.BI/c1-5-8-9-10-15-30(4)24(33)23-16-22(40-25(34)19-11-13-21(14-12-19)32(37)38)18-31(23)27(36)29-28(17-20(28)6-2)26(35)39-7-3;1-5-8-9-10-11-23(4)18(26)17-12-16(25)14-24(17)20(28)22-21(13-15(21)6-2)19(27)29-7-3;9-7(10)5-1-3-6(4-2-5)8(11)12;3-1(5)2(4)6;2-1-3;1-2/h5-6,11-14,20,22-23H,1-2,7-10,15-18H2,3-4H3,(H,29,36);5-6,15-17,25H,1-2,7-14H2,3-4H3,(H,22,28);1-4H,(H,9,10);;1H2;/t20-,22-,23+,28-;15-,16-,17+,21-;;;;/m11..../s1. The largest absolute Gasteiger partial charge is 0.478 e. The van der Waals surface area contributed by atoms with Crippen LogP contribution in [-0.2, 0) is 43.0 Å². The molecule has 2 radical (unpaired) electrons. The Kier molecular flexibility index (Phi) is 37.9. The quantitative estimate of drug-likeness (QED) is 0.00586.